The molecule has 88 valence electrons. The number of rotatable bonds is 4. The lowest BCUT2D eigenvalue weighted by Crippen LogP contribution is -2.21. The second kappa shape index (κ2) is 5.30. The van der Waals surface area contributed by atoms with Crippen LogP contribution in [0.2, 0.25) is 0 Å². The molecule has 1 aromatic carbocycles. The maximum atomic E-state index is 12.9. The Kier molecular flexibility index (Phi) is 4.29. The van der Waals surface area contributed by atoms with Crippen LogP contribution in [0, 0.1) is 11.6 Å². The van der Waals surface area contributed by atoms with Gasteiger partial charge >= 0.3 is 0 Å². The molecule has 0 saturated carbocycles. The number of hydrogen-bond acceptors (Lipinski definition) is 2. The molecule has 2 atom stereocenters. The lowest BCUT2D eigenvalue weighted by atomic mass is 10.2. The van der Waals surface area contributed by atoms with Gasteiger partial charge in [-0.1, -0.05) is 6.92 Å². The molecule has 5 heteroatoms. The highest BCUT2D eigenvalue weighted by Crippen LogP contribution is 2.16. The van der Waals surface area contributed by atoms with Gasteiger partial charge in [0, 0.05) is 11.3 Å². The average molecular weight is 246 g/mol. The highest BCUT2D eigenvalue weighted by Gasteiger charge is 2.20. The van der Waals surface area contributed by atoms with Gasteiger partial charge in [0.25, 0.3) is 0 Å². The van der Waals surface area contributed by atoms with Crippen LogP contribution in [0.5, 0.6) is 0 Å². The van der Waals surface area contributed by atoms with E-state index in [1.807, 2.05) is 0 Å². The molecule has 16 heavy (non-hydrogen) atoms. The van der Waals surface area contributed by atoms with E-state index >= 15 is 0 Å². The summed E-state index contributed by atoms with van der Waals surface area (Å²) >= 11 is 0. The Morgan fingerprint density at radius 1 is 1.38 bits per heavy atom. The quantitative estimate of drug-likeness (QED) is 0.817. The van der Waals surface area contributed by atoms with E-state index in [-0.39, 0.29) is 17.1 Å². The van der Waals surface area contributed by atoms with Gasteiger partial charge in [0.1, 0.15) is 5.78 Å². The van der Waals surface area contributed by atoms with E-state index in [1.165, 1.54) is 13.0 Å². The van der Waals surface area contributed by atoms with Crippen molar-refractivity contribution in [3.63, 3.8) is 0 Å². The van der Waals surface area contributed by atoms with E-state index in [1.54, 1.807) is 6.92 Å². The topological polar surface area (TPSA) is 34.1 Å². The number of ketones is 1. The van der Waals surface area contributed by atoms with E-state index in [4.69, 9.17) is 0 Å². The Hall–Kier alpha value is -1.10. The van der Waals surface area contributed by atoms with Crippen molar-refractivity contribution in [2.75, 3.05) is 0 Å². The predicted molar refractivity (Wildman–Crippen MR) is 57.5 cm³/mol. The molecule has 0 fully saturated rings. The number of carbonyl (C=O) groups is 1. The molecule has 0 radical (unpaired) electrons. The summed E-state index contributed by atoms with van der Waals surface area (Å²) in [7, 11) is -1.63. The molecule has 0 aromatic heterocycles. The average Bonchev–Trinajstić information content (AvgIpc) is 2.29. The van der Waals surface area contributed by atoms with Crippen molar-refractivity contribution in [2.45, 2.75) is 30.4 Å². The third kappa shape index (κ3) is 2.72. The Morgan fingerprint density at radius 3 is 2.50 bits per heavy atom. The van der Waals surface area contributed by atoms with Gasteiger partial charge in [0.2, 0.25) is 0 Å². The molecule has 0 saturated heterocycles. The molecule has 0 amide bonds. The Bertz CT molecular complexity index is 432. The molecule has 1 aromatic rings. The molecular formula is C11H12F2O2S. The number of carbonyl (C=O) groups excluding carboxylic acids is 1. The minimum atomic E-state index is -1.63. The third-order valence-corrected chi connectivity index (χ3v) is 3.87. The molecule has 0 aliphatic rings. The van der Waals surface area contributed by atoms with Crippen LogP contribution >= 0.6 is 0 Å². The molecule has 0 aliphatic heterocycles. The first kappa shape index (κ1) is 13.0. The smallest absolute Gasteiger partial charge is 0.160 e. The zero-order valence-electron chi connectivity index (χ0n) is 9.00. The van der Waals surface area contributed by atoms with Crippen LogP contribution in [0.4, 0.5) is 8.78 Å². The molecule has 0 N–H and O–H groups in total. The lowest BCUT2D eigenvalue weighted by molar-refractivity contribution is -0.118. The molecule has 2 unspecified atom stereocenters. The second-order valence-electron chi connectivity index (χ2n) is 3.34. The largest absolute Gasteiger partial charge is 0.298 e. The Labute approximate surface area is 95.1 Å². The van der Waals surface area contributed by atoms with Crippen molar-refractivity contribution in [3.8, 4) is 0 Å². The number of hydrogen-bond donors (Lipinski definition) is 0. The highest BCUT2D eigenvalue weighted by atomic mass is 32.2. The van der Waals surface area contributed by atoms with Crippen molar-refractivity contribution in [3.05, 3.63) is 29.8 Å². The first-order valence-electron chi connectivity index (χ1n) is 4.85. The van der Waals surface area contributed by atoms with E-state index in [0.717, 1.165) is 12.1 Å². The number of benzene rings is 1. The van der Waals surface area contributed by atoms with Gasteiger partial charge in [-0.05, 0) is 25.1 Å². The van der Waals surface area contributed by atoms with E-state index in [2.05, 4.69) is 0 Å². The van der Waals surface area contributed by atoms with Crippen LogP contribution in [0.25, 0.3) is 0 Å². The summed E-state index contributed by atoms with van der Waals surface area (Å²) < 4.78 is 37.3. The maximum Gasteiger partial charge on any atom is 0.160 e. The summed E-state index contributed by atoms with van der Waals surface area (Å²) in [5.41, 5.74) is 0. The van der Waals surface area contributed by atoms with E-state index in [9.17, 15) is 17.8 Å². The van der Waals surface area contributed by atoms with E-state index in [0.29, 0.717) is 0 Å². The van der Waals surface area contributed by atoms with Crippen LogP contribution in [-0.4, -0.2) is 15.2 Å². The van der Waals surface area contributed by atoms with Crippen molar-refractivity contribution in [1.29, 1.82) is 0 Å². The zero-order valence-corrected chi connectivity index (χ0v) is 9.81. The Morgan fingerprint density at radius 2 is 2.00 bits per heavy atom. The van der Waals surface area contributed by atoms with Gasteiger partial charge in [-0.15, -0.1) is 0 Å². The van der Waals surface area contributed by atoms with Crippen LogP contribution in [-0.2, 0) is 15.6 Å². The van der Waals surface area contributed by atoms with Crippen molar-refractivity contribution in [1.82, 2.24) is 0 Å². The molecule has 2 nitrogen and oxygen atoms in total. The molecule has 0 bridgehead atoms. The van der Waals surface area contributed by atoms with Gasteiger partial charge in [0.05, 0.1) is 16.0 Å². The van der Waals surface area contributed by atoms with E-state index < -0.39 is 27.7 Å². The van der Waals surface area contributed by atoms with Gasteiger partial charge in [-0.25, -0.2) is 8.78 Å². The van der Waals surface area contributed by atoms with Crippen LogP contribution in [0.1, 0.15) is 20.3 Å². The number of halogens is 2. The second-order valence-corrected chi connectivity index (χ2v) is 5.11. The highest BCUT2D eigenvalue weighted by molar-refractivity contribution is 7.86. The summed E-state index contributed by atoms with van der Waals surface area (Å²) in [5.74, 6) is -2.21. The summed E-state index contributed by atoms with van der Waals surface area (Å²) in [6.45, 7) is 3.19. The van der Waals surface area contributed by atoms with Crippen molar-refractivity contribution in [2.24, 2.45) is 0 Å². The normalized spacial score (nSPS) is 14.5. The predicted octanol–water partition coefficient (Wildman–Crippen LogP) is 2.44. The van der Waals surface area contributed by atoms with Gasteiger partial charge in [0.15, 0.2) is 11.6 Å². The molecule has 1 rings (SSSR count). The molecule has 0 heterocycles. The summed E-state index contributed by atoms with van der Waals surface area (Å²) in [5, 5.41) is -0.699. The molecule has 0 aliphatic carbocycles. The minimum Gasteiger partial charge on any atom is -0.298 e. The van der Waals surface area contributed by atoms with Crippen LogP contribution in [0.3, 0.4) is 0 Å². The summed E-state index contributed by atoms with van der Waals surface area (Å²) in [6, 6.07) is 3.00. The van der Waals surface area contributed by atoms with Gasteiger partial charge in [-0.3, -0.25) is 9.00 Å². The van der Waals surface area contributed by atoms with Gasteiger partial charge in [-0.2, -0.15) is 0 Å². The molecule has 0 spiro atoms. The monoisotopic (exact) mass is 246 g/mol. The van der Waals surface area contributed by atoms with Crippen molar-refractivity contribution < 1.29 is 17.8 Å². The zero-order chi connectivity index (χ0) is 12.3. The third-order valence-electron chi connectivity index (χ3n) is 2.25. The van der Waals surface area contributed by atoms with Crippen LogP contribution < -0.4 is 0 Å². The van der Waals surface area contributed by atoms with Crippen LogP contribution in [0.15, 0.2) is 23.1 Å². The van der Waals surface area contributed by atoms with Gasteiger partial charge < -0.3 is 0 Å². The first-order chi connectivity index (χ1) is 7.47. The fourth-order valence-corrected chi connectivity index (χ4v) is 2.45. The first-order valence-corrected chi connectivity index (χ1v) is 6.07. The SMILES string of the molecule is CCC(=O)C(C)S(=O)c1ccc(F)c(F)c1. The number of Topliss-reactive ketones (excluding diaryl/α,β-unsaturated/α-hetero) is 1. The Balaban J connectivity index is 2.97. The fraction of sp³-hybridized carbons (Fsp3) is 0.364. The maximum absolute atomic E-state index is 12.9. The fourth-order valence-electron chi connectivity index (χ4n) is 1.21. The minimum absolute atomic E-state index is 0.133. The standard InChI is InChI=1S/C11H12F2O2S/c1-3-11(14)7(2)16(15)8-4-5-9(12)10(13)6-8/h4-7H,3H2,1-2H3. The molecular weight excluding hydrogens is 234 g/mol. The summed E-state index contributed by atoms with van der Waals surface area (Å²) in [6.07, 6.45) is 0.274. The summed E-state index contributed by atoms with van der Waals surface area (Å²) in [4.78, 5) is 11.5. The van der Waals surface area contributed by atoms with Crippen molar-refractivity contribution >= 4 is 16.6 Å². The lowest BCUT2D eigenvalue weighted by Gasteiger charge is -2.09.